The molecule has 2 aromatic heterocycles. The van der Waals surface area contributed by atoms with E-state index < -0.39 is 0 Å². The van der Waals surface area contributed by atoms with Crippen molar-refractivity contribution in [1.82, 2.24) is 25.1 Å². The topological polar surface area (TPSA) is 77.1 Å². The first-order chi connectivity index (χ1) is 12.7. The second-order valence-corrected chi connectivity index (χ2v) is 7.10. The van der Waals surface area contributed by atoms with Crippen molar-refractivity contribution >= 4 is 17.7 Å². The number of tetrazole rings is 1. The number of aromatic nitrogens is 4. The van der Waals surface area contributed by atoms with Gasteiger partial charge in [-0.1, -0.05) is 42.1 Å². The molecular formula is C18H21N5O2S. The standard InChI is InChI=1S/C18H21N5O2S/c1-3-22(12-15-8-5-4-6-9-15)17(24)14(2)26-18-19-20-21-23(18)13-16-10-7-11-25-16/h4-11,14H,3,12-13H2,1-2H3/t14-/m0/s1. The van der Waals surface area contributed by atoms with Crippen molar-refractivity contribution < 1.29 is 9.21 Å². The maximum Gasteiger partial charge on any atom is 0.236 e. The molecule has 1 atom stereocenters. The number of nitrogens with zero attached hydrogens (tertiary/aromatic N) is 5. The summed E-state index contributed by atoms with van der Waals surface area (Å²) >= 11 is 1.36. The molecule has 0 radical (unpaired) electrons. The van der Waals surface area contributed by atoms with Gasteiger partial charge < -0.3 is 9.32 Å². The summed E-state index contributed by atoms with van der Waals surface area (Å²) in [6, 6.07) is 13.7. The van der Waals surface area contributed by atoms with E-state index in [0.717, 1.165) is 11.3 Å². The summed E-state index contributed by atoms with van der Waals surface area (Å²) in [5.41, 5.74) is 1.11. The molecule has 7 nitrogen and oxygen atoms in total. The van der Waals surface area contributed by atoms with Crippen LogP contribution in [0.4, 0.5) is 0 Å². The number of amides is 1. The Labute approximate surface area is 156 Å². The van der Waals surface area contributed by atoms with Gasteiger partial charge >= 0.3 is 0 Å². The number of carbonyl (C=O) groups is 1. The zero-order chi connectivity index (χ0) is 18.4. The highest BCUT2D eigenvalue weighted by molar-refractivity contribution is 8.00. The SMILES string of the molecule is CCN(Cc1ccccc1)C(=O)[C@H](C)Sc1nnnn1Cc1ccco1. The highest BCUT2D eigenvalue weighted by Gasteiger charge is 2.23. The van der Waals surface area contributed by atoms with Gasteiger partial charge in [0.05, 0.1) is 11.5 Å². The summed E-state index contributed by atoms with van der Waals surface area (Å²) in [5.74, 6) is 0.825. The van der Waals surface area contributed by atoms with Crippen LogP contribution in [-0.2, 0) is 17.9 Å². The Hall–Kier alpha value is -2.61. The minimum atomic E-state index is -0.292. The smallest absolute Gasteiger partial charge is 0.236 e. The molecule has 136 valence electrons. The van der Waals surface area contributed by atoms with E-state index in [1.54, 1.807) is 10.9 Å². The van der Waals surface area contributed by atoms with E-state index in [0.29, 0.717) is 24.8 Å². The second-order valence-electron chi connectivity index (χ2n) is 5.80. The van der Waals surface area contributed by atoms with Gasteiger partial charge in [0.25, 0.3) is 0 Å². The fourth-order valence-electron chi connectivity index (χ4n) is 2.55. The van der Waals surface area contributed by atoms with Crippen LogP contribution < -0.4 is 0 Å². The third-order valence-corrected chi connectivity index (χ3v) is 4.98. The summed E-state index contributed by atoms with van der Waals surface area (Å²) in [5, 5.41) is 12.1. The van der Waals surface area contributed by atoms with Gasteiger partial charge in [-0.25, -0.2) is 4.68 Å². The number of carbonyl (C=O) groups excluding carboxylic acids is 1. The molecule has 26 heavy (non-hydrogen) atoms. The van der Waals surface area contributed by atoms with Gasteiger partial charge in [0.1, 0.15) is 12.3 Å². The van der Waals surface area contributed by atoms with Gasteiger partial charge in [-0.3, -0.25) is 4.79 Å². The van der Waals surface area contributed by atoms with Crippen LogP contribution >= 0.6 is 11.8 Å². The molecule has 0 aliphatic carbocycles. The number of rotatable bonds is 8. The van der Waals surface area contributed by atoms with E-state index in [9.17, 15) is 4.79 Å². The zero-order valence-electron chi connectivity index (χ0n) is 14.8. The minimum Gasteiger partial charge on any atom is -0.467 e. The number of benzene rings is 1. The van der Waals surface area contributed by atoms with E-state index in [2.05, 4.69) is 15.5 Å². The van der Waals surface area contributed by atoms with Crippen molar-refractivity contribution in [2.75, 3.05) is 6.54 Å². The Morgan fingerprint density at radius 2 is 2.08 bits per heavy atom. The average Bonchev–Trinajstić information content (AvgIpc) is 3.33. The maximum atomic E-state index is 12.8. The Morgan fingerprint density at radius 3 is 2.77 bits per heavy atom. The maximum absolute atomic E-state index is 12.8. The largest absolute Gasteiger partial charge is 0.467 e. The minimum absolute atomic E-state index is 0.0638. The van der Waals surface area contributed by atoms with E-state index in [1.165, 1.54) is 11.8 Å². The van der Waals surface area contributed by atoms with Crippen LogP contribution in [0, 0.1) is 0 Å². The predicted octanol–water partition coefficient (Wildman–Crippen LogP) is 2.84. The summed E-state index contributed by atoms with van der Waals surface area (Å²) in [6.07, 6.45) is 1.61. The van der Waals surface area contributed by atoms with Gasteiger partial charge in [-0.2, -0.15) is 0 Å². The van der Waals surface area contributed by atoms with Gasteiger partial charge in [-0.15, -0.1) is 5.10 Å². The van der Waals surface area contributed by atoms with Crippen LogP contribution in [0.2, 0.25) is 0 Å². The lowest BCUT2D eigenvalue weighted by Gasteiger charge is -2.24. The van der Waals surface area contributed by atoms with Crippen molar-refractivity contribution in [3.8, 4) is 0 Å². The molecule has 0 bridgehead atoms. The fraction of sp³-hybridized carbons (Fsp3) is 0.333. The second kappa shape index (κ2) is 8.66. The lowest BCUT2D eigenvalue weighted by Crippen LogP contribution is -2.36. The molecular weight excluding hydrogens is 350 g/mol. The molecule has 1 amide bonds. The molecule has 0 fully saturated rings. The van der Waals surface area contributed by atoms with Gasteiger partial charge in [0, 0.05) is 13.1 Å². The quantitative estimate of drug-likeness (QED) is 0.567. The zero-order valence-corrected chi connectivity index (χ0v) is 15.6. The summed E-state index contributed by atoms with van der Waals surface area (Å²) in [6.45, 7) is 5.55. The molecule has 2 heterocycles. The first-order valence-corrected chi connectivity index (χ1v) is 9.33. The van der Waals surface area contributed by atoms with Crippen molar-refractivity contribution in [1.29, 1.82) is 0 Å². The van der Waals surface area contributed by atoms with Gasteiger partial charge in [-0.05, 0) is 42.0 Å². The summed E-state index contributed by atoms with van der Waals surface area (Å²) in [4.78, 5) is 14.7. The summed E-state index contributed by atoms with van der Waals surface area (Å²) < 4.78 is 6.98. The molecule has 0 N–H and O–H groups in total. The van der Waals surface area contributed by atoms with E-state index in [-0.39, 0.29) is 11.2 Å². The lowest BCUT2D eigenvalue weighted by molar-refractivity contribution is -0.130. The number of furan rings is 1. The Bertz CT molecular complexity index is 819. The molecule has 0 saturated heterocycles. The average molecular weight is 371 g/mol. The van der Waals surface area contributed by atoms with Crippen molar-refractivity contribution in [2.45, 2.75) is 37.3 Å². The molecule has 0 aliphatic rings. The first kappa shape index (κ1) is 18.2. The third-order valence-electron chi connectivity index (χ3n) is 3.92. The molecule has 3 rings (SSSR count). The van der Waals surface area contributed by atoms with E-state index in [1.807, 2.05) is 61.2 Å². The van der Waals surface area contributed by atoms with Gasteiger partial charge in [0.15, 0.2) is 0 Å². The first-order valence-electron chi connectivity index (χ1n) is 8.45. The molecule has 0 saturated carbocycles. The van der Waals surface area contributed by atoms with Crippen LogP contribution in [0.15, 0.2) is 58.3 Å². The van der Waals surface area contributed by atoms with E-state index in [4.69, 9.17) is 4.42 Å². The number of hydrogen-bond donors (Lipinski definition) is 0. The highest BCUT2D eigenvalue weighted by atomic mass is 32.2. The van der Waals surface area contributed by atoms with Crippen molar-refractivity contribution in [3.63, 3.8) is 0 Å². The number of thioether (sulfide) groups is 1. The van der Waals surface area contributed by atoms with Crippen LogP contribution in [0.3, 0.4) is 0 Å². The van der Waals surface area contributed by atoms with E-state index >= 15 is 0 Å². The van der Waals surface area contributed by atoms with Crippen molar-refractivity contribution in [2.24, 2.45) is 0 Å². The third kappa shape index (κ3) is 4.51. The van der Waals surface area contributed by atoms with Crippen LogP contribution in [-0.4, -0.2) is 42.8 Å². The Balaban J connectivity index is 1.64. The van der Waals surface area contributed by atoms with Crippen molar-refractivity contribution in [3.05, 3.63) is 60.1 Å². The van der Waals surface area contributed by atoms with Crippen LogP contribution in [0.1, 0.15) is 25.2 Å². The lowest BCUT2D eigenvalue weighted by atomic mass is 10.2. The molecule has 1 aromatic carbocycles. The molecule has 0 aliphatic heterocycles. The highest BCUT2D eigenvalue weighted by Crippen LogP contribution is 2.23. The van der Waals surface area contributed by atoms with Crippen LogP contribution in [0.5, 0.6) is 0 Å². The number of hydrogen-bond acceptors (Lipinski definition) is 6. The normalized spacial score (nSPS) is 12.1. The van der Waals surface area contributed by atoms with Gasteiger partial charge in [0.2, 0.25) is 11.1 Å². The Morgan fingerprint density at radius 1 is 1.27 bits per heavy atom. The molecule has 3 aromatic rings. The van der Waals surface area contributed by atoms with Crippen LogP contribution in [0.25, 0.3) is 0 Å². The Kier molecular flexibility index (Phi) is 6.06. The molecule has 0 spiro atoms. The fourth-order valence-corrected chi connectivity index (χ4v) is 3.42. The monoisotopic (exact) mass is 371 g/mol. The molecule has 8 heteroatoms. The summed E-state index contributed by atoms with van der Waals surface area (Å²) in [7, 11) is 0. The molecule has 0 unspecified atom stereocenters. The predicted molar refractivity (Wildman–Crippen MR) is 98.5 cm³/mol.